The number of methoxy groups -OCH3 is 1. The van der Waals surface area contributed by atoms with Crippen LogP contribution in [0.15, 0.2) is 36.4 Å². The molecule has 0 saturated heterocycles. The Balaban J connectivity index is 2.28. The van der Waals surface area contributed by atoms with Crippen LogP contribution in [0.4, 0.5) is 11.4 Å². The van der Waals surface area contributed by atoms with Crippen LogP contribution in [0.1, 0.15) is 28.4 Å². The molecule has 1 N–H and O–H groups in total. The molecule has 2 amide bonds. The van der Waals surface area contributed by atoms with E-state index in [-0.39, 0.29) is 34.6 Å². The molecular weight excluding hydrogens is 368 g/mol. The zero-order valence-electron chi connectivity index (χ0n) is 15.6. The van der Waals surface area contributed by atoms with E-state index in [9.17, 15) is 14.4 Å². The molecular formula is C20H21ClN2O4. The highest BCUT2D eigenvalue weighted by molar-refractivity contribution is 6.34. The monoisotopic (exact) mass is 388 g/mol. The van der Waals surface area contributed by atoms with E-state index in [4.69, 9.17) is 16.3 Å². The van der Waals surface area contributed by atoms with Gasteiger partial charge < -0.3 is 15.0 Å². The van der Waals surface area contributed by atoms with E-state index < -0.39 is 5.97 Å². The summed E-state index contributed by atoms with van der Waals surface area (Å²) in [5.74, 6) is -1.32. The minimum absolute atomic E-state index is 0.234. The first kappa shape index (κ1) is 20.5. The lowest BCUT2D eigenvalue weighted by molar-refractivity contribution is -0.120. The number of aryl methyl sites for hydroxylation is 1. The SMILES string of the molecule is COC(=O)c1ccc(Cl)c(N(CC(=O)Nc2cccc(C)c2C)C(C)=O)c1. The topological polar surface area (TPSA) is 75.7 Å². The molecule has 27 heavy (non-hydrogen) atoms. The number of nitrogens with one attached hydrogen (secondary N) is 1. The average molecular weight is 389 g/mol. The van der Waals surface area contributed by atoms with Crippen molar-refractivity contribution in [3.63, 3.8) is 0 Å². The number of benzene rings is 2. The van der Waals surface area contributed by atoms with Crippen molar-refractivity contribution in [3.05, 3.63) is 58.1 Å². The number of hydrogen-bond acceptors (Lipinski definition) is 4. The second-order valence-electron chi connectivity index (χ2n) is 6.06. The van der Waals surface area contributed by atoms with Crippen LogP contribution in [0.5, 0.6) is 0 Å². The third kappa shape index (κ3) is 4.86. The van der Waals surface area contributed by atoms with Crippen molar-refractivity contribution in [1.29, 1.82) is 0 Å². The fourth-order valence-electron chi connectivity index (χ4n) is 2.55. The molecule has 0 fully saturated rings. The minimum atomic E-state index is -0.559. The van der Waals surface area contributed by atoms with Gasteiger partial charge in [-0.05, 0) is 49.2 Å². The van der Waals surface area contributed by atoms with Gasteiger partial charge in [-0.3, -0.25) is 9.59 Å². The number of carbonyl (C=O) groups excluding carboxylic acids is 3. The fourth-order valence-corrected chi connectivity index (χ4v) is 2.77. The maximum absolute atomic E-state index is 12.5. The molecule has 0 saturated carbocycles. The summed E-state index contributed by atoms with van der Waals surface area (Å²) in [4.78, 5) is 37.6. The normalized spacial score (nSPS) is 10.3. The van der Waals surface area contributed by atoms with Crippen LogP contribution in [0, 0.1) is 13.8 Å². The Hall–Kier alpha value is -2.86. The molecule has 0 heterocycles. The molecule has 0 aliphatic rings. The number of hydrogen-bond donors (Lipinski definition) is 1. The number of amides is 2. The summed E-state index contributed by atoms with van der Waals surface area (Å²) in [7, 11) is 1.26. The van der Waals surface area contributed by atoms with Gasteiger partial charge in [-0.15, -0.1) is 0 Å². The third-order valence-corrected chi connectivity index (χ3v) is 4.54. The van der Waals surface area contributed by atoms with E-state index in [2.05, 4.69) is 5.32 Å². The van der Waals surface area contributed by atoms with Crippen molar-refractivity contribution in [2.45, 2.75) is 20.8 Å². The number of ether oxygens (including phenoxy) is 1. The number of rotatable bonds is 5. The lowest BCUT2D eigenvalue weighted by Crippen LogP contribution is -2.37. The Kier molecular flexibility index (Phi) is 6.58. The van der Waals surface area contributed by atoms with E-state index in [1.807, 2.05) is 26.0 Å². The van der Waals surface area contributed by atoms with Gasteiger partial charge in [-0.1, -0.05) is 23.7 Å². The maximum atomic E-state index is 12.5. The van der Waals surface area contributed by atoms with Gasteiger partial charge in [0.1, 0.15) is 6.54 Å². The first-order valence-corrected chi connectivity index (χ1v) is 8.64. The number of anilines is 2. The fraction of sp³-hybridized carbons (Fsp3) is 0.250. The summed E-state index contributed by atoms with van der Waals surface area (Å²) in [5.41, 5.74) is 3.18. The van der Waals surface area contributed by atoms with Crippen molar-refractivity contribution in [1.82, 2.24) is 0 Å². The van der Waals surface area contributed by atoms with Crippen molar-refractivity contribution in [2.75, 3.05) is 23.9 Å². The van der Waals surface area contributed by atoms with Gasteiger partial charge in [0, 0.05) is 12.6 Å². The van der Waals surface area contributed by atoms with Gasteiger partial charge >= 0.3 is 5.97 Å². The van der Waals surface area contributed by atoms with E-state index >= 15 is 0 Å². The first-order valence-electron chi connectivity index (χ1n) is 8.26. The Labute approximate surface area is 163 Å². The third-order valence-electron chi connectivity index (χ3n) is 4.22. The predicted octanol–water partition coefficient (Wildman–Crippen LogP) is 3.74. The second-order valence-corrected chi connectivity index (χ2v) is 6.47. The first-order chi connectivity index (χ1) is 12.7. The van der Waals surface area contributed by atoms with Crippen LogP contribution in [0.3, 0.4) is 0 Å². The lowest BCUT2D eigenvalue weighted by Gasteiger charge is -2.22. The smallest absolute Gasteiger partial charge is 0.337 e. The largest absolute Gasteiger partial charge is 0.465 e. The van der Waals surface area contributed by atoms with Gasteiger partial charge in [-0.25, -0.2) is 4.79 Å². The highest BCUT2D eigenvalue weighted by Gasteiger charge is 2.21. The Morgan fingerprint density at radius 2 is 1.85 bits per heavy atom. The van der Waals surface area contributed by atoms with Gasteiger partial charge in [-0.2, -0.15) is 0 Å². The summed E-state index contributed by atoms with van der Waals surface area (Å²) < 4.78 is 4.69. The molecule has 142 valence electrons. The Bertz CT molecular complexity index is 896. The number of carbonyl (C=O) groups is 3. The van der Waals surface area contributed by atoms with Crippen molar-refractivity contribution >= 4 is 40.8 Å². The van der Waals surface area contributed by atoms with Crippen LogP contribution in [0.2, 0.25) is 5.02 Å². The lowest BCUT2D eigenvalue weighted by atomic mass is 10.1. The molecule has 0 bridgehead atoms. The quantitative estimate of drug-likeness (QED) is 0.792. The molecule has 0 aromatic heterocycles. The molecule has 2 rings (SSSR count). The summed E-state index contributed by atoms with van der Waals surface area (Å²) >= 11 is 6.19. The second kappa shape index (κ2) is 8.68. The number of nitrogens with zero attached hydrogens (tertiary/aromatic N) is 1. The Morgan fingerprint density at radius 3 is 2.48 bits per heavy atom. The van der Waals surface area contributed by atoms with Crippen LogP contribution in [-0.4, -0.2) is 31.4 Å². The van der Waals surface area contributed by atoms with E-state index in [1.165, 1.54) is 37.1 Å². The summed E-state index contributed by atoms with van der Waals surface area (Å²) in [5, 5.41) is 3.05. The van der Waals surface area contributed by atoms with Crippen molar-refractivity contribution in [3.8, 4) is 0 Å². The van der Waals surface area contributed by atoms with E-state index in [1.54, 1.807) is 6.07 Å². The van der Waals surface area contributed by atoms with Gasteiger partial charge in [0.2, 0.25) is 11.8 Å². The van der Waals surface area contributed by atoms with Crippen molar-refractivity contribution in [2.24, 2.45) is 0 Å². The summed E-state index contributed by atoms with van der Waals surface area (Å²) in [6.07, 6.45) is 0. The zero-order chi connectivity index (χ0) is 20.1. The summed E-state index contributed by atoms with van der Waals surface area (Å²) in [6, 6.07) is 10.0. The average Bonchev–Trinajstić information content (AvgIpc) is 2.63. The molecule has 0 spiro atoms. The molecule has 6 nitrogen and oxygen atoms in total. The number of halogens is 1. The van der Waals surface area contributed by atoms with Crippen LogP contribution >= 0.6 is 11.6 Å². The van der Waals surface area contributed by atoms with Gasteiger partial charge in [0.15, 0.2) is 0 Å². The zero-order valence-corrected chi connectivity index (χ0v) is 16.4. The molecule has 7 heteroatoms. The highest BCUT2D eigenvalue weighted by atomic mass is 35.5. The van der Waals surface area contributed by atoms with Crippen molar-refractivity contribution < 1.29 is 19.1 Å². The number of esters is 1. The van der Waals surface area contributed by atoms with E-state index in [0.717, 1.165) is 11.1 Å². The molecule has 2 aromatic rings. The molecule has 0 radical (unpaired) electrons. The summed E-state index contributed by atoms with van der Waals surface area (Å²) in [6.45, 7) is 4.94. The predicted molar refractivity (Wildman–Crippen MR) is 105 cm³/mol. The van der Waals surface area contributed by atoms with Crippen LogP contribution in [0.25, 0.3) is 0 Å². The highest BCUT2D eigenvalue weighted by Crippen LogP contribution is 2.28. The molecule has 0 aliphatic carbocycles. The van der Waals surface area contributed by atoms with Crippen LogP contribution in [-0.2, 0) is 14.3 Å². The van der Waals surface area contributed by atoms with E-state index in [0.29, 0.717) is 5.69 Å². The standard InChI is InChI=1S/C20H21ClN2O4/c1-12-6-5-7-17(13(12)2)22-19(25)11-23(14(3)24)18-10-15(20(26)27-4)8-9-16(18)21/h5-10H,11H2,1-4H3,(H,22,25). The van der Waals surface area contributed by atoms with Gasteiger partial charge in [0.25, 0.3) is 0 Å². The minimum Gasteiger partial charge on any atom is -0.465 e. The maximum Gasteiger partial charge on any atom is 0.337 e. The molecule has 0 atom stereocenters. The molecule has 2 aromatic carbocycles. The molecule has 0 unspecified atom stereocenters. The Morgan fingerprint density at radius 1 is 1.15 bits per heavy atom. The van der Waals surface area contributed by atoms with Gasteiger partial charge in [0.05, 0.1) is 23.4 Å². The van der Waals surface area contributed by atoms with Crippen LogP contribution < -0.4 is 10.2 Å². The molecule has 0 aliphatic heterocycles.